The van der Waals surface area contributed by atoms with Gasteiger partial charge in [-0.05, 0) is 6.07 Å². The van der Waals surface area contributed by atoms with Crippen LogP contribution in [0.15, 0.2) is 18.2 Å². The van der Waals surface area contributed by atoms with Gasteiger partial charge in [-0.2, -0.15) is 0 Å². The predicted molar refractivity (Wildman–Crippen MR) is 71.4 cm³/mol. The maximum atomic E-state index is 11.0. The summed E-state index contributed by atoms with van der Waals surface area (Å²) in [5.74, 6) is -1.35. The van der Waals surface area contributed by atoms with Crippen molar-refractivity contribution in [1.82, 2.24) is 0 Å². The van der Waals surface area contributed by atoms with Crippen molar-refractivity contribution in [3.63, 3.8) is 0 Å². The molecule has 10 heteroatoms. The molecular formula is C12H14N2O8. The molecule has 1 saturated heterocycles. The second-order valence-corrected chi connectivity index (χ2v) is 4.73. The molecule has 0 unspecified atom stereocenters. The summed E-state index contributed by atoms with van der Waals surface area (Å²) in [7, 11) is 0. The molecule has 22 heavy (non-hydrogen) atoms. The zero-order valence-corrected chi connectivity index (χ0v) is 11.1. The first kappa shape index (κ1) is 16.1. The van der Waals surface area contributed by atoms with Gasteiger partial charge in [-0.25, -0.2) is 4.79 Å². The largest absolute Gasteiger partial charge is 0.478 e. The average Bonchev–Trinajstić information content (AvgIpc) is 2.74. The molecule has 1 fully saturated rings. The fourth-order valence-electron chi connectivity index (χ4n) is 2.11. The van der Waals surface area contributed by atoms with Crippen LogP contribution in [0.4, 0.5) is 11.4 Å². The van der Waals surface area contributed by atoms with Crippen LogP contribution in [0.25, 0.3) is 0 Å². The number of carbonyl (C=O) groups is 1. The van der Waals surface area contributed by atoms with Crippen molar-refractivity contribution in [2.75, 3.05) is 11.9 Å². The first-order valence-electron chi connectivity index (χ1n) is 6.25. The molecule has 0 bridgehead atoms. The van der Waals surface area contributed by atoms with Crippen molar-refractivity contribution < 1.29 is 34.9 Å². The van der Waals surface area contributed by atoms with Gasteiger partial charge in [0.05, 0.1) is 17.1 Å². The molecule has 10 nitrogen and oxygen atoms in total. The van der Waals surface area contributed by atoms with E-state index in [2.05, 4.69) is 5.32 Å². The fraction of sp³-hybridized carbons (Fsp3) is 0.417. The Hall–Kier alpha value is -2.27. The molecule has 120 valence electrons. The number of nitro benzene ring substituents is 1. The Balaban J connectivity index is 2.26. The number of carboxylic acid groups (broad SMARTS) is 1. The Labute approximate surface area is 123 Å². The summed E-state index contributed by atoms with van der Waals surface area (Å²) in [4.78, 5) is 21.0. The Bertz CT molecular complexity index is 560. The fourth-order valence-corrected chi connectivity index (χ4v) is 2.11. The molecule has 0 amide bonds. The number of benzene rings is 1. The Morgan fingerprint density at radius 3 is 2.50 bits per heavy atom. The molecule has 1 heterocycles. The van der Waals surface area contributed by atoms with Crippen LogP contribution in [0.5, 0.6) is 0 Å². The highest BCUT2D eigenvalue weighted by Crippen LogP contribution is 2.26. The summed E-state index contributed by atoms with van der Waals surface area (Å²) in [6.45, 7) is -0.522. The molecule has 0 aromatic heterocycles. The standard InChI is InChI=1S/C12H14N2O8/c15-4-8-9(16)10(17)11(22-8)13-6-1-5(12(18)19)2-7(3-6)14(20)21/h1-3,8-11,13,15-17H,4H2,(H,18,19)/t8-,9+,10-,11-/m0/s1. The molecule has 1 aliphatic rings. The third-order valence-electron chi connectivity index (χ3n) is 3.23. The minimum atomic E-state index is -1.38. The molecule has 1 aromatic carbocycles. The third kappa shape index (κ3) is 3.14. The number of aliphatic hydroxyl groups is 3. The van der Waals surface area contributed by atoms with Crippen molar-refractivity contribution >= 4 is 17.3 Å². The Morgan fingerprint density at radius 1 is 1.32 bits per heavy atom. The number of nitrogens with zero attached hydrogens (tertiary/aromatic N) is 1. The smallest absolute Gasteiger partial charge is 0.336 e. The summed E-state index contributed by atoms with van der Waals surface area (Å²) in [6, 6.07) is 3.09. The Morgan fingerprint density at radius 2 is 2.00 bits per heavy atom. The first-order valence-corrected chi connectivity index (χ1v) is 6.25. The highest BCUT2D eigenvalue weighted by atomic mass is 16.6. The molecular weight excluding hydrogens is 300 g/mol. The van der Waals surface area contributed by atoms with Gasteiger partial charge in [-0.15, -0.1) is 0 Å². The van der Waals surface area contributed by atoms with Gasteiger partial charge in [0, 0.05) is 17.8 Å². The minimum Gasteiger partial charge on any atom is -0.478 e. The van der Waals surface area contributed by atoms with Crippen LogP contribution >= 0.6 is 0 Å². The number of aliphatic hydroxyl groups excluding tert-OH is 3. The van der Waals surface area contributed by atoms with E-state index < -0.39 is 47.7 Å². The molecule has 4 atom stereocenters. The van der Waals surface area contributed by atoms with E-state index in [1.54, 1.807) is 0 Å². The summed E-state index contributed by atoms with van der Waals surface area (Å²) >= 11 is 0. The van der Waals surface area contributed by atoms with Gasteiger partial charge in [-0.3, -0.25) is 10.1 Å². The van der Waals surface area contributed by atoms with Crippen molar-refractivity contribution in [3.8, 4) is 0 Å². The van der Waals surface area contributed by atoms with Crippen molar-refractivity contribution in [2.24, 2.45) is 0 Å². The summed E-state index contributed by atoms with van der Waals surface area (Å²) < 4.78 is 5.16. The number of hydrogen-bond acceptors (Lipinski definition) is 8. The maximum Gasteiger partial charge on any atom is 0.336 e. The number of aromatic carboxylic acids is 1. The molecule has 0 aliphatic carbocycles. The van der Waals surface area contributed by atoms with E-state index in [9.17, 15) is 25.1 Å². The van der Waals surface area contributed by atoms with Gasteiger partial charge in [0.2, 0.25) is 0 Å². The van der Waals surface area contributed by atoms with E-state index in [-0.39, 0.29) is 11.3 Å². The van der Waals surface area contributed by atoms with Crippen LogP contribution in [0.1, 0.15) is 10.4 Å². The van der Waals surface area contributed by atoms with E-state index in [0.717, 1.165) is 18.2 Å². The van der Waals surface area contributed by atoms with Gasteiger partial charge in [0.15, 0.2) is 6.23 Å². The average molecular weight is 314 g/mol. The van der Waals surface area contributed by atoms with E-state index in [1.165, 1.54) is 0 Å². The third-order valence-corrected chi connectivity index (χ3v) is 3.23. The van der Waals surface area contributed by atoms with Crippen LogP contribution in [-0.2, 0) is 4.74 Å². The van der Waals surface area contributed by atoms with E-state index in [0.29, 0.717) is 0 Å². The molecule has 0 spiro atoms. The number of carboxylic acids is 1. The van der Waals surface area contributed by atoms with Gasteiger partial charge in [0.1, 0.15) is 18.3 Å². The maximum absolute atomic E-state index is 11.0. The van der Waals surface area contributed by atoms with E-state index in [4.69, 9.17) is 14.9 Å². The number of nitrogens with one attached hydrogen (secondary N) is 1. The minimum absolute atomic E-state index is 0.0291. The number of hydrogen-bond donors (Lipinski definition) is 5. The normalized spacial score (nSPS) is 27.6. The van der Waals surface area contributed by atoms with Crippen LogP contribution in [0.3, 0.4) is 0 Å². The predicted octanol–water partition coefficient (Wildman–Crippen LogP) is -0.856. The Kier molecular flexibility index (Phi) is 4.56. The highest BCUT2D eigenvalue weighted by molar-refractivity contribution is 5.90. The van der Waals surface area contributed by atoms with Crippen LogP contribution < -0.4 is 5.32 Å². The summed E-state index contributed by atoms with van der Waals surface area (Å²) in [6.07, 6.45) is -4.87. The topological polar surface area (TPSA) is 162 Å². The molecule has 0 radical (unpaired) electrons. The molecule has 2 rings (SSSR count). The van der Waals surface area contributed by atoms with Gasteiger partial charge in [-0.1, -0.05) is 0 Å². The van der Waals surface area contributed by atoms with Gasteiger partial charge in [0.25, 0.3) is 5.69 Å². The number of nitro groups is 1. The number of ether oxygens (including phenoxy) is 1. The van der Waals surface area contributed by atoms with Crippen molar-refractivity contribution in [2.45, 2.75) is 24.5 Å². The van der Waals surface area contributed by atoms with Crippen LogP contribution in [0, 0.1) is 10.1 Å². The quantitative estimate of drug-likeness (QED) is 0.344. The summed E-state index contributed by atoms with van der Waals surface area (Å²) in [5.41, 5.74) is -0.737. The second kappa shape index (κ2) is 6.23. The van der Waals surface area contributed by atoms with E-state index >= 15 is 0 Å². The number of anilines is 1. The zero-order chi connectivity index (χ0) is 16.4. The van der Waals surface area contributed by atoms with Gasteiger partial charge < -0.3 is 30.5 Å². The first-order chi connectivity index (χ1) is 10.3. The highest BCUT2D eigenvalue weighted by Gasteiger charge is 2.42. The van der Waals surface area contributed by atoms with Gasteiger partial charge >= 0.3 is 5.97 Å². The summed E-state index contributed by atoms with van der Waals surface area (Å²) in [5, 5.41) is 50.7. The lowest BCUT2D eigenvalue weighted by Crippen LogP contribution is -2.36. The van der Waals surface area contributed by atoms with Crippen molar-refractivity contribution in [1.29, 1.82) is 0 Å². The zero-order valence-electron chi connectivity index (χ0n) is 11.1. The molecule has 1 aromatic rings. The monoisotopic (exact) mass is 314 g/mol. The van der Waals surface area contributed by atoms with Crippen LogP contribution in [0.2, 0.25) is 0 Å². The molecule has 1 aliphatic heterocycles. The van der Waals surface area contributed by atoms with Crippen molar-refractivity contribution in [3.05, 3.63) is 33.9 Å². The van der Waals surface area contributed by atoms with E-state index in [1.807, 2.05) is 0 Å². The lowest BCUT2D eigenvalue weighted by atomic mass is 10.1. The number of rotatable bonds is 5. The van der Waals surface area contributed by atoms with Crippen LogP contribution in [-0.4, -0.2) is 62.5 Å². The molecule has 0 saturated carbocycles. The lowest BCUT2D eigenvalue weighted by molar-refractivity contribution is -0.384. The second-order valence-electron chi connectivity index (χ2n) is 4.73. The number of non-ortho nitro benzene ring substituents is 1. The SMILES string of the molecule is O=C(O)c1cc(N[C@H]2O[C@@H](CO)[C@@H](O)[C@@H]2O)cc([N+](=O)[O-])c1. The lowest BCUT2D eigenvalue weighted by Gasteiger charge is -2.17. The molecule has 5 N–H and O–H groups in total.